The first kappa shape index (κ1) is 22.0. The van der Waals surface area contributed by atoms with Crippen molar-refractivity contribution in [2.24, 2.45) is 7.05 Å². The van der Waals surface area contributed by atoms with Crippen LogP contribution in [0.15, 0.2) is 47.4 Å². The summed E-state index contributed by atoms with van der Waals surface area (Å²) in [6, 6.07) is 9.36. The van der Waals surface area contributed by atoms with Gasteiger partial charge < -0.3 is 20.8 Å². The van der Waals surface area contributed by atoms with Crippen LogP contribution < -0.4 is 21.3 Å². The SMILES string of the molecule is CCCNC(=O)c1c(N)c2cccc(-c3cc(OCc4cn(C)nn4)ccc3F)c2[nH]c1=O. The van der Waals surface area contributed by atoms with Crippen LogP contribution in [0.2, 0.25) is 0 Å². The number of hydrogen-bond acceptors (Lipinski definition) is 6. The number of carbonyl (C=O) groups excluding carboxylic acids is 1. The molecule has 0 unspecified atom stereocenters. The number of aryl methyl sites for hydroxylation is 1. The Morgan fingerprint density at radius 3 is 2.82 bits per heavy atom. The molecule has 0 radical (unpaired) electrons. The van der Waals surface area contributed by atoms with E-state index in [0.29, 0.717) is 34.5 Å². The fraction of sp³-hybridized carbons (Fsp3) is 0.217. The summed E-state index contributed by atoms with van der Waals surface area (Å²) in [5.41, 5.74) is 7.04. The molecule has 0 aliphatic heterocycles. The molecule has 4 rings (SSSR count). The lowest BCUT2D eigenvalue weighted by Crippen LogP contribution is -2.31. The number of pyridine rings is 1. The van der Waals surface area contributed by atoms with Crippen molar-refractivity contribution in [3.05, 3.63) is 70.0 Å². The summed E-state index contributed by atoms with van der Waals surface area (Å²) in [7, 11) is 1.75. The highest BCUT2D eigenvalue weighted by molar-refractivity contribution is 6.08. The molecule has 0 saturated carbocycles. The number of fused-ring (bicyclic) bond motifs is 1. The molecule has 0 atom stereocenters. The molecule has 33 heavy (non-hydrogen) atoms. The third-order valence-corrected chi connectivity index (χ3v) is 5.12. The van der Waals surface area contributed by atoms with Gasteiger partial charge in [-0.2, -0.15) is 0 Å². The van der Waals surface area contributed by atoms with Crippen molar-refractivity contribution in [2.45, 2.75) is 20.0 Å². The van der Waals surface area contributed by atoms with Crippen molar-refractivity contribution < 1.29 is 13.9 Å². The van der Waals surface area contributed by atoms with E-state index in [2.05, 4.69) is 20.6 Å². The van der Waals surface area contributed by atoms with Crippen molar-refractivity contribution in [1.29, 1.82) is 0 Å². The Kier molecular flexibility index (Phi) is 6.07. The molecular formula is C23H23FN6O3. The summed E-state index contributed by atoms with van der Waals surface area (Å²) in [6.45, 7) is 2.48. The molecule has 2 heterocycles. The zero-order chi connectivity index (χ0) is 23.5. The van der Waals surface area contributed by atoms with E-state index in [-0.39, 0.29) is 23.4 Å². The third kappa shape index (κ3) is 4.40. The van der Waals surface area contributed by atoms with E-state index in [1.807, 2.05) is 6.92 Å². The fourth-order valence-electron chi connectivity index (χ4n) is 3.54. The highest BCUT2D eigenvalue weighted by Gasteiger charge is 2.20. The smallest absolute Gasteiger partial charge is 0.263 e. The van der Waals surface area contributed by atoms with E-state index in [1.165, 1.54) is 18.2 Å². The third-order valence-electron chi connectivity index (χ3n) is 5.12. The number of benzene rings is 2. The lowest BCUT2D eigenvalue weighted by Gasteiger charge is -2.13. The molecule has 9 nitrogen and oxygen atoms in total. The summed E-state index contributed by atoms with van der Waals surface area (Å²) in [6.07, 6.45) is 2.44. The van der Waals surface area contributed by atoms with E-state index in [0.717, 1.165) is 6.42 Å². The molecule has 0 saturated heterocycles. The molecule has 170 valence electrons. The molecule has 0 spiro atoms. The van der Waals surface area contributed by atoms with E-state index < -0.39 is 17.3 Å². The lowest BCUT2D eigenvalue weighted by molar-refractivity contribution is 0.0953. The van der Waals surface area contributed by atoms with Gasteiger partial charge in [-0.15, -0.1) is 5.10 Å². The molecule has 10 heteroatoms. The predicted molar refractivity (Wildman–Crippen MR) is 122 cm³/mol. The number of aromatic nitrogens is 4. The summed E-state index contributed by atoms with van der Waals surface area (Å²) in [5.74, 6) is -0.632. The molecule has 2 aromatic carbocycles. The summed E-state index contributed by atoms with van der Waals surface area (Å²) >= 11 is 0. The van der Waals surface area contributed by atoms with Crippen LogP contribution in [0.25, 0.3) is 22.0 Å². The quantitative estimate of drug-likeness (QED) is 0.397. The molecule has 4 N–H and O–H groups in total. The number of aromatic amines is 1. The minimum atomic E-state index is -0.642. The van der Waals surface area contributed by atoms with Crippen LogP contribution in [0.1, 0.15) is 29.4 Å². The van der Waals surface area contributed by atoms with Gasteiger partial charge in [-0.05, 0) is 24.6 Å². The predicted octanol–water partition coefficient (Wildman–Crippen LogP) is 2.76. The first-order valence-corrected chi connectivity index (χ1v) is 10.4. The van der Waals surface area contributed by atoms with Crippen LogP contribution in [0.4, 0.5) is 10.1 Å². The highest BCUT2D eigenvalue weighted by Crippen LogP contribution is 2.34. The van der Waals surface area contributed by atoms with E-state index in [9.17, 15) is 14.0 Å². The van der Waals surface area contributed by atoms with Gasteiger partial charge in [0.15, 0.2) is 0 Å². The Balaban J connectivity index is 1.75. The molecule has 0 bridgehead atoms. The second-order valence-corrected chi connectivity index (χ2v) is 7.54. The summed E-state index contributed by atoms with van der Waals surface area (Å²) < 4.78 is 22.1. The van der Waals surface area contributed by atoms with Gasteiger partial charge in [0.2, 0.25) is 0 Å². The van der Waals surface area contributed by atoms with Crippen LogP contribution in [0, 0.1) is 5.82 Å². The second-order valence-electron chi connectivity index (χ2n) is 7.54. The average Bonchev–Trinajstić information content (AvgIpc) is 3.22. The van der Waals surface area contributed by atoms with Crippen LogP contribution in [-0.2, 0) is 13.7 Å². The first-order valence-electron chi connectivity index (χ1n) is 10.4. The highest BCUT2D eigenvalue weighted by atomic mass is 19.1. The average molecular weight is 450 g/mol. The van der Waals surface area contributed by atoms with Gasteiger partial charge in [0.25, 0.3) is 11.5 Å². The standard InChI is InChI=1S/C23H23FN6O3/c1-3-9-26-22(31)19-20(25)16-6-4-5-15(21(16)27-23(19)32)17-10-14(7-8-18(17)24)33-12-13-11-30(2)29-28-13/h4-8,10-11H,3,9,12H2,1-2H3,(H,26,31)(H3,25,27,32). The van der Waals surface area contributed by atoms with E-state index in [4.69, 9.17) is 10.5 Å². The molecule has 0 aliphatic rings. The minimum absolute atomic E-state index is 0.0414. The Hall–Kier alpha value is -4.21. The Labute approximate surface area is 188 Å². The summed E-state index contributed by atoms with van der Waals surface area (Å²) in [4.78, 5) is 27.9. The van der Waals surface area contributed by atoms with Crippen molar-refractivity contribution in [3.63, 3.8) is 0 Å². The number of nitrogens with two attached hydrogens (primary N) is 1. The fourth-order valence-corrected chi connectivity index (χ4v) is 3.54. The number of H-pyrrole nitrogens is 1. The van der Waals surface area contributed by atoms with Gasteiger partial charge in [-0.25, -0.2) is 4.39 Å². The van der Waals surface area contributed by atoms with Crippen molar-refractivity contribution >= 4 is 22.5 Å². The Morgan fingerprint density at radius 1 is 1.27 bits per heavy atom. The molecule has 2 aromatic heterocycles. The van der Waals surface area contributed by atoms with Gasteiger partial charge >= 0.3 is 0 Å². The maximum atomic E-state index is 14.8. The van der Waals surface area contributed by atoms with Crippen LogP contribution in [-0.4, -0.2) is 32.4 Å². The van der Waals surface area contributed by atoms with Gasteiger partial charge in [0.05, 0.1) is 17.4 Å². The number of halogens is 1. The van der Waals surface area contributed by atoms with Gasteiger partial charge in [-0.3, -0.25) is 14.3 Å². The zero-order valence-electron chi connectivity index (χ0n) is 18.2. The maximum Gasteiger partial charge on any atom is 0.263 e. The number of rotatable bonds is 7. The topological polar surface area (TPSA) is 128 Å². The van der Waals surface area contributed by atoms with Crippen LogP contribution in [0.5, 0.6) is 5.75 Å². The van der Waals surface area contributed by atoms with Crippen LogP contribution in [0.3, 0.4) is 0 Å². The van der Waals surface area contributed by atoms with Crippen molar-refractivity contribution in [1.82, 2.24) is 25.3 Å². The Morgan fingerprint density at radius 2 is 2.09 bits per heavy atom. The molecule has 1 amide bonds. The Bertz CT molecular complexity index is 1390. The molecule has 4 aromatic rings. The number of anilines is 1. The number of amides is 1. The normalized spacial score (nSPS) is 11.0. The van der Waals surface area contributed by atoms with Crippen LogP contribution >= 0.6 is 0 Å². The van der Waals surface area contributed by atoms with Gasteiger partial charge in [-0.1, -0.05) is 30.3 Å². The number of hydrogen-bond donors (Lipinski definition) is 3. The molecular weight excluding hydrogens is 427 g/mol. The number of nitrogens with one attached hydrogen (secondary N) is 2. The number of para-hydroxylation sites is 1. The number of nitrogens with zero attached hydrogens (tertiary/aromatic N) is 3. The maximum absolute atomic E-state index is 14.8. The molecule has 0 aliphatic carbocycles. The zero-order valence-corrected chi connectivity index (χ0v) is 18.2. The first-order chi connectivity index (χ1) is 15.9. The van der Waals surface area contributed by atoms with Gasteiger partial charge in [0, 0.05) is 30.1 Å². The molecule has 0 fully saturated rings. The van der Waals surface area contributed by atoms with E-state index >= 15 is 0 Å². The van der Waals surface area contributed by atoms with Gasteiger partial charge in [0.1, 0.15) is 29.4 Å². The van der Waals surface area contributed by atoms with E-state index in [1.54, 1.807) is 36.1 Å². The second kappa shape index (κ2) is 9.11. The number of ether oxygens (including phenoxy) is 1. The summed E-state index contributed by atoms with van der Waals surface area (Å²) in [5, 5.41) is 10.9. The number of nitrogen functional groups attached to an aromatic ring is 1. The number of carbonyl (C=O) groups is 1. The minimum Gasteiger partial charge on any atom is -0.487 e. The van der Waals surface area contributed by atoms with Crippen molar-refractivity contribution in [2.75, 3.05) is 12.3 Å². The monoisotopic (exact) mass is 450 g/mol. The van der Waals surface area contributed by atoms with Crippen molar-refractivity contribution in [3.8, 4) is 16.9 Å². The largest absolute Gasteiger partial charge is 0.487 e. The lowest BCUT2D eigenvalue weighted by atomic mass is 9.99.